The summed E-state index contributed by atoms with van der Waals surface area (Å²) >= 11 is 0. The first-order valence-corrected chi connectivity index (χ1v) is 4.93. The molecule has 0 unspecified atom stereocenters. The molecule has 86 valence electrons. The lowest BCUT2D eigenvalue weighted by Crippen LogP contribution is -2.59. The molecule has 1 rings (SSSR count). The van der Waals surface area contributed by atoms with Gasteiger partial charge in [0, 0.05) is 5.41 Å². The fourth-order valence-corrected chi connectivity index (χ4v) is 1.87. The molecule has 1 saturated heterocycles. The van der Waals surface area contributed by atoms with Crippen LogP contribution in [0.3, 0.4) is 0 Å². The van der Waals surface area contributed by atoms with E-state index in [1.165, 1.54) is 0 Å². The summed E-state index contributed by atoms with van der Waals surface area (Å²) in [6.45, 7) is 7.24. The third-order valence-electron chi connectivity index (χ3n) is 3.09. The van der Waals surface area contributed by atoms with Crippen molar-refractivity contribution in [2.24, 2.45) is 5.41 Å². The average Bonchev–Trinajstić information content (AvgIpc) is 2.51. The second-order valence-corrected chi connectivity index (χ2v) is 4.67. The minimum absolute atomic E-state index is 0.218. The first-order valence-electron chi connectivity index (χ1n) is 4.93. The molecule has 1 aliphatic heterocycles. The van der Waals surface area contributed by atoms with Crippen LogP contribution in [-0.2, 0) is 4.74 Å². The highest BCUT2D eigenvalue weighted by atomic mass is 16.5. The van der Waals surface area contributed by atoms with Gasteiger partial charge in [-0.2, -0.15) is 0 Å². The Labute approximate surface area is 96.1 Å². The molecule has 0 saturated carbocycles. The van der Waals surface area contributed by atoms with Gasteiger partial charge in [0.1, 0.15) is 6.10 Å². The van der Waals surface area contributed by atoms with Crippen molar-refractivity contribution in [2.45, 2.75) is 31.2 Å². The van der Waals surface area contributed by atoms with Gasteiger partial charge in [0.05, 0.1) is 6.61 Å². The Morgan fingerprint density at radius 2 is 2.12 bits per heavy atom. The standard InChI is InChI=1S/C13H16O3/c1-6-12(15,7-2)13(8-3)10(14)11(4,5)9-16-13/h1,3,7,10,14-15H,2,9H2,4-5H3/t10-,12-,13-/m1/s1. The van der Waals surface area contributed by atoms with E-state index < -0.39 is 22.7 Å². The van der Waals surface area contributed by atoms with Gasteiger partial charge in [-0.05, 0) is 6.08 Å². The number of aliphatic hydroxyl groups is 2. The van der Waals surface area contributed by atoms with E-state index in [2.05, 4.69) is 18.4 Å². The van der Waals surface area contributed by atoms with Gasteiger partial charge in [-0.3, -0.25) is 0 Å². The molecule has 0 spiro atoms. The van der Waals surface area contributed by atoms with Crippen molar-refractivity contribution in [2.75, 3.05) is 6.61 Å². The number of hydrogen-bond donors (Lipinski definition) is 2. The smallest absolute Gasteiger partial charge is 0.198 e. The van der Waals surface area contributed by atoms with Gasteiger partial charge < -0.3 is 14.9 Å². The molecule has 0 bridgehead atoms. The van der Waals surface area contributed by atoms with E-state index >= 15 is 0 Å². The molecular formula is C13H16O3. The van der Waals surface area contributed by atoms with Crippen molar-refractivity contribution in [3.05, 3.63) is 12.7 Å². The van der Waals surface area contributed by atoms with E-state index in [1.54, 1.807) is 13.8 Å². The monoisotopic (exact) mass is 220 g/mol. The van der Waals surface area contributed by atoms with Crippen molar-refractivity contribution in [1.82, 2.24) is 0 Å². The van der Waals surface area contributed by atoms with E-state index in [9.17, 15) is 10.2 Å². The first-order chi connectivity index (χ1) is 7.29. The van der Waals surface area contributed by atoms with Crippen molar-refractivity contribution in [3.63, 3.8) is 0 Å². The van der Waals surface area contributed by atoms with Crippen molar-refractivity contribution in [1.29, 1.82) is 0 Å². The molecule has 1 aliphatic rings. The van der Waals surface area contributed by atoms with Gasteiger partial charge in [-0.25, -0.2) is 0 Å². The topological polar surface area (TPSA) is 49.7 Å². The molecule has 0 amide bonds. The maximum Gasteiger partial charge on any atom is 0.198 e. The van der Waals surface area contributed by atoms with E-state index in [-0.39, 0.29) is 6.61 Å². The van der Waals surface area contributed by atoms with Gasteiger partial charge in [-0.1, -0.05) is 32.3 Å². The summed E-state index contributed by atoms with van der Waals surface area (Å²) in [5.74, 6) is 4.43. The largest absolute Gasteiger partial charge is 0.388 e. The van der Waals surface area contributed by atoms with Crippen LogP contribution < -0.4 is 0 Å². The van der Waals surface area contributed by atoms with Crippen molar-refractivity contribution < 1.29 is 14.9 Å². The lowest BCUT2D eigenvalue weighted by molar-refractivity contribution is -0.111. The predicted molar refractivity (Wildman–Crippen MR) is 61.3 cm³/mol. The third kappa shape index (κ3) is 1.37. The molecule has 0 aromatic carbocycles. The molecule has 0 aromatic heterocycles. The first kappa shape index (κ1) is 12.8. The molecular weight excluding hydrogens is 204 g/mol. The number of ether oxygens (including phenoxy) is 1. The van der Waals surface area contributed by atoms with E-state index in [0.717, 1.165) is 6.08 Å². The summed E-state index contributed by atoms with van der Waals surface area (Å²) in [6.07, 6.45) is 10.7. The minimum Gasteiger partial charge on any atom is -0.388 e. The van der Waals surface area contributed by atoms with Gasteiger partial charge >= 0.3 is 0 Å². The Morgan fingerprint density at radius 1 is 1.56 bits per heavy atom. The van der Waals surface area contributed by atoms with Gasteiger partial charge in [0.2, 0.25) is 0 Å². The lowest BCUT2D eigenvalue weighted by atomic mass is 9.73. The van der Waals surface area contributed by atoms with E-state index in [0.29, 0.717) is 0 Å². The normalized spacial score (nSPS) is 35.8. The van der Waals surface area contributed by atoms with Crippen LogP contribution in [0.25, 0.3) is 0 Å². The number of hydrogen-bond acceptors (Lipinski definition) is 3. The van der Waals surface area contributed by atoms with Gasteiger partial charge in [-0.15, -0.1) is 12.8 Å². The highest BCUT2D eigenvalue weighted by Gasteiger charge is 2.62. The van der Waals surface area contributed by atoms with Gasteiger partial charge in [0.25, 0.3) is 0 Å². The van der Waals surface area contributed by atoms with Crippen LogP contribution in [0.5, 0.6) is 0 Å². The summed E-state index contributed by atoms with van der Waals surface area (Å²) in [7, 11) is 0. The lowest BCUT2D eigenvalue weighted by Gasteiger charge is -2.38. The molecule has 2 N–H and O–H groups in total. The Kier molecular flexibility index (Phi) is 2.92. The zero-order chi connectivity index (χ0) is 12.6. The van der Waals surface area contributed by atoms with Crippen molar-refractivity contribution in [3.8, 4) is 24.7 Å². The number of rotatable bonds is 2. The van der Waals surface area contributed by atoms with Crippen LogP contribution >= 0.6 is 0 Å². The quantitative estimate of drug-likeness (QED) is 0.520. The second kappa shape index (κ2) is 3.64. The third-order valence-corrected chi connectivity index (χ3v) is 3.09. The Bertz CT molecular complexity index is 385. The summed E-state index contributed by atoms with van der Waals surface area (Å²) < 4.78 is 5.41. The predicted octanol–water partition coefficient (Wildman–Crippen LogP) is 0.326. The van der Waals surface area contributed by atoms with Crippen LogP contribution in [0.1, 0.15) is 13.8 Å². The van der Waals surface area contributed by atoms with Crippen LogP contribution in [0.4, 0.5) is 0 Å². The Balaban J connectivity index is 3.33. The number of aliphatic hydroxyl groups excluding tert-OH is 1. The molecule has 3 nitrogen and oxygen atoms in total. The number of terminal acetylenes is 2. The van der Waals surface area contributed by atoms with Crippen LogP contribution in [0, 0.1) is 30.1 Å². The maximum absolute atomic E-state index is 10.2. The highest BCUT2D eigenvalue weighted by molar-refractivity contribution is 5.38. The maximum atomic E-state index is 10.2. The van der Waals surface area contributed by atoms with Crippen molar-refractivity contribution >= 4 is 0 Å². The van der Waals surface area contributed by atoms with E-state index in [1.807, 2.05) is 0 Å². The zero-order valence-electron chi connectivity index (χ0n) is 9.53. The molecule has 1 heterocycles. The van der Waals surface area contributed by atoms with E-state index in [4.69, 9.17) is 17.6 Å². The molecule has 1 fully saturated rings. The minimum atomic E-state index is -1.88. The Hall–Kier alpha value is -1.26. The van der Waals surface area contributed by atoms with Crippen LogP contribution in [-0.4, -0.2) is 34.1 Å². The molecule has 0 aromatic rings. The summed E-state index contributed by atoms with van der Waals surface area (Å²) in [5, 5.41) is 20.4. The fraction of sp³-hybridized carbons (Fsp3) is 0.538. The van der Waals surface area contributed by atoms with Crippen LogP contribution in [0.2, 0.25) is 0 Å². The second-order valence-electron chi connectivity index (χ2n) is 4.67. The Morgan fingerprint density at radius 3 is 2.38 bits per heavy atom. The average molecular weight is 220 g/mol. The molecule has 3 heteroatoms. The summed E-state index contributed by atoms with van der Waals surface area (Å²) in [4.78, 5) is 0. The summed E-state index contributed by atoms with van der Waals surface area (Å²) in [6, 6.07) is 0. The summed E-state index contributed by atoms with van der Waals surface area (Å²) in [5.41, 5.74) is -4.08. The molecule has 16 heavy (non-hydrogen) atoms. The van der Waals surface area contributed by atoms with Crippen LogP contribution in [0.15, 0.2) is 12.7 Å². The molecule has 3 atom stereocenters. The van der Waals surface area contributed by atoms with Gasteiger partial charge in [0.15, 0.2) is 11.2 Å². The zero-order valence-corrected chi connectivity index (χ0v) is 9.53. The molecule has 0 radical (unpaired) electrons. The fourth-order valence-electron chi connectivity index (χ4n) is 1.87. The molecule has 0 aliphatic carbocycles. The highest BCUT2D eigenvalue weighted by Crippen LogP contribution is 2.45. The SMILES string of the molecule is C#C[C@@](O)(C=C)[C@]1(C#C)OCC(C)(C)[C@H]1O.